The maximum atomic E-state index is 12.0. The van der Waals surface area contributed by atoms with Crippen molar-refractivity contribution in [2.75, 3.05) is 5.75 Å². The summed E-state index contributed by atoms with van der Waals surface area (Å²) in [5, 5.41) is 1.80. The van der Waals surface area contributed by atoms with E-state index in [1.165, 1.54) is 0 Å². The van der Waals surface area contributed by atoms with Gasteiger partial charge in [-0.15, -0.1) is 0 Å². The van der Waals surface area contributed by atoms with Gasteiger partial charge in [-0.2, -0.15) is 13.2 Å². The van der Waals surface area contributed by atoms with Gasteiger partial charge in [0.1, 0.15) is 0 Å². The third-order valence-electron chi connectivity index (χ3n) is 2.44. The first-order valence-corrected chi connectivity index (χ1v) is 6.17. The van der Waals surface area contributed by atoms with E-state index in [0.29, 0.717) is 5.56 Å². The molecule has 0 N–H and O–H groups in total. The van der Waals surface area contributed by atoms with Crippen LogP contribution < -0.4 is 0 Å². The molecule has 0 aliphatic heterocycles. The van der Waals surface area contributed by atoms with Gasteiger partial charge in [0.05, 0.1) is 5.75 Å². The van der Waals surface area contributed by atoms with E-state index in [0.717, 1.165) is 10.8 Å². The number of Topliss-reactive ketones (excluding diaryl/α,β-unsaturated/α-hetero) is 1. The molecule has 2 rings (SSSR count). The number of halogens is 3. The van der Waals surface area contributed by atoms with Gasteiger partial charge in [-0.1, -0.05) is 36.4 Å². The fraction of sp³-hybridized carbons (Fsp3) is 0.154. The molecule has 0 saturated carbocycles. The molecular weight excluding hydrogens is 261 g/mol. The minimum Gasteiger partial charge on any atom is -0.293 e. The molecule has 5 heteroatoms. The molecule has 0 spiro atoms. The summed E-state index contributed by atoms with van der Waals surface area (Å²) in [6.07, 6.45) is 0. The van der Waals surface area contributed by atoms with Crippen LogP contribution in [0, 0.1) is 0 Å². The topological polar surface area (TPSA) is 17.1 Å². The van der Waals surface area contributed by atoms with E-state index >= 15 is 0 Å². The summed E-state index contributed by atoms with van der Waals surface area (Å²) < 4.78 is 36.0. The highest BCUT2D eigenvalue weighted by Crippen LogP contribution is 2.30. The maximum Gasteiger partial charge on any atom is 0.442 e. The molecule has 0 aliphatic rings. The number of thioether (sulfide) groups is 1. The van der Waals surface area contributed by atoms with E-state index in [2.05, 4.69) is 0 Å². The normalized spacial score (nSPS) is 11.7. The highest BCUT2D eigenvalue weighted by molar-refractivity contribution is 8.00. The first kappa shape index (κ1) is 13.0. The molecule has 2 aromatic rings. The van der Waals surface area contributed by atoms with Gasteiger partial charge in [-0.3, -0.25) is 4.79 Å². The number of hydrogen-bond acceptors (Lipinski definition) is 2. The molecule has 0 atom stereocenters. The predicted molar refractivity (Wildman–Crippen MR) is 66.8 cm³/mol. The summed E-state index contributed by atoms with van der Waals surface area (Å²) in [5.41, 5.74) is -4.06. The van der Waals surface area contributed by atoms with Gasteiger partial charge in [-0.25, -0.2) is 0 Å². The quantitative estimate of drug-likeness (QED) is 0.774. The Morgan fingerprint density at radius 2 is 1.72 bits per heavy atom. The van der Waals surface area contributed by atoms with E-state index < -0.39 is 17.0 Å². The maximum absolute atomic E-state index is 12.0. The number of rotatable bonds is 3. The number of ketones is 1. The van der Waals surface area contributed by atoms with Crippen LogP contribution in [-0.2, 0) is 0 Å². The summed E-state index contributed by atoms with van der Waals surface area (Å²) in [6, 6.07) is 12.3. The molecule has 0 heterocycles. The van der Waals surface area contributed by atoms with Crippen molar-refractivity contribution in [1.82, 2.24) is 0 Å². The van der Waals surface area contributed by atoms with Crippen molar-refractivity contribution in [2.24, 2.45) is 0 Å². The van der Waals surface area contributed by atoms with E-state index in [4.69, 9.17) is 0 Å². The fourth-order valence-electron chi connectivity index (χ4n) is 1.59. The number of carbonyl (C=O) groups is 1. The molecule has 0 fully saturated rings. The zero-order valence-electron chi connectivity index (χ0n) is 9.20. The third-order valence-corrected chi connectivity index (χ3v) is 3.17. The summed E-state index contributed by atoms with van der Waals surface area (Å²) in [6.45, 7) is 0. The van der Waals surface area contributed by atoms with Gasteiger partial charge in [-0.05, 0) is 28.6 Å². The van der Waals surface area contributed by atoms with E-state index in [1.807, 2.05) is 24.3 Å². The van der Waals surface area contributed by atoms with Crippen LogP contribution in [0.5, 0.6) is 0 Å². The zero-order chi connectivity index (χ0) is 13.2. The monoisotopic (exact) mass is 270 g/mol. The van der Waals surface area contributed by atoms with Crippen molar-refractivity contribution in [1.29, 1.82) is 0 Å². The molecule has 0 aromatic heterocycles. The van der Waals surface area contributed by atoms with Crippen molar-refractivity contribution < 1.29 is 18.0 Å². The zero-order valence-corrected chi connectivity index (χ0v) is 10.0. The second-order valence-electron chi connectivity index (χ2n) is 3.72. The standard InChI is InChI=1S/C13H9F3OS/c14-13(15,16)18-8-12(17)11-6-5-9-3-1-2-4-10(9)7-11/h1-7H,8H2. The minimum atomic E-state index is -4.37. The van der Waals surface area contributed by atoms with E-state index in [9.17, 15) is 18.0 Å². The van der Waals surface area contributed by atoms with Crippen LogP contribution >= 0.6 is 11.8 Å². The van der Waals surface area contributed by atoms with Crippen LogP contribution in [0.4, 0.5) is 13.2 Å². The first-order chi connectivity index (χ1) is 8.46. The Morgan fingerprint density at radius 3 is 2.39 bits per heavy atom. The minimum absolute atomic E-state index is 0.308. The molecule has 0 bridgehead atoms. The van der Waals surface area contributed by atoms with Crippen molar-refractivity contribution in [3.63, 3.8) is 0 Å². The van der Waals surface area contributed by atoms with Crippen LogP contribution in [0.1, 0.15) is 10.4 Å². The van der Waals surface area contributed by atoms with Crippen molar-refractivity contribution >= 4 is 28.3 Å². The van der Waals surface area contributed by atoms with Crippen molar-refractivity contribution in [3.05, 3.63) is 48.0 Å². The Labute approximate surface area is 106 Å². The Hall–Kier alpha value is -1.49. The smallest absolute Gasteiger partial charge is 0.293 e. The summed E-state index contributed by atoms with van der Waals surface area (Å²) in [5.74, 6) is -1.09. The number of alkyl halides is 3. The number of hydrogen-bond donors (Lipinski definition) is 0. The molecule has 0 radical (unpaired) electrons. The largest absolute Gasteiger partial charge is 0.442 e. The molecule has 18 heavy (non-hydrogen) atoms. The van der Waals surface area contributed by atoms with Crippen molar-refractivity contribution in [2.45, 2.75) is 5.51 Å². The van der Waals surface area contributed by atoms with E-state index in [1.54, 1.807) is 18.2 Å². The molecule has 0 aliphatic carbocycles. The summed E-state index contributed by atoms with van der Waals surface area (Å²) in [4.78, 5) is 11.6. The predicted octanol–water partition coefficient (Wildman–Crippen LogP) is 4.28. The molecule has 0 amide bonds. The Kier molecular flexibility index (Phi) is 3.61. The summed E-state index contributed by atoms with van der Waals surface area (Å²) in [7, 11) is 0. The summed E-state index contributed by atoms with van der Waals surface area (Å²) >= 11 is -0.308. The lowest BCUT2D eigenvalue weighted by Crippen LogP contribution is -2.09. The lowest BCUT2D eigenvalue weighted by molar-refractivity contribution is -0.0327. The number of benzene rings is 2. The molecule has 2 aromatic carbocycles. The van der Waals surface area contributed by atoms with Gasteiger partial charge in [0.2, 0.25) is 0 Å². The van der Waals surface area contributed by atoms with Crippen LogP contribution in [0.3, 0.4) is 0 Å². The second-order valence-corrected chi connectivity index (χ2v) is 4.76. The average Bonchev–Trinajstić information content (AvgIpc) is 2.34. The van der Waals surface area contributed by atoms with Gasteiger partial charge in [0, 0.05) is 5.56 Å². The lowest BCUT2D eigenvalue weighted by Gasteiger charge is -2.05. The van der Waals surface area contributed by atoms with Crippen LogP contribution in [0.25, 0.3) is 10.8 Å². The van der Waals surface area contributed by atoms with Gasteiger partial charge in [0.25, 0.3) is 0 Å². The second kappa shape index (κ2) is 5.02. The average molecular weight is 270 g/mol. The van der Waals surface area contributed by atoms with Crippen LogP contribution in [0.15, 0.2) is 42.5 Å². The van der Waals surface area contributed by atoms with Gasteiger partial charge >= 0.3 is 5.51 Å². The first-order valence-electron chi connectivity index (χ1n) is 5.18. The van der Waals surface area contributed by atoms with Gasteiger partial charge in [0.15, 0.2) is 5.78 Å². The number of carbonyl (C=O) groups excluding carboxylic acids is 1. The molecular formula is C13H9F3OS. The lowest BCUT2D eigenvalue weighted by atomic mass is 10.1. The molecule has 94 valence electrons. The van der Waals surface area contributed by atoms with Crippen molar-refractivity contribution in [3.8, 4) is 0 Å². The third kappa shape index (κ3) is 3.26. The SMILES string of the molecule is O=C(CSC(F)(F)F)c1ccc2ccccc2c1. The highest BCUT2D eigenvalue weighted by Gasteiger charge is 2.29. The highest BCUT2D eigenvalue weighted by atomic mass is 32.2. The Bertz CT molecular complexity index is 578. The van der Waals surface area contributed by atoms with E-state index in [-0.39, 0.29) is 11.8 Å². The Balaban J connectivity index is 2.18. The van der Waals surface area contributed by atoms with Crippen LogP contribution in [0.2, 0.25) is 0 Å². The Morgan fingerprint density at radius 1 is 1.06 bits per heavy atom. The fourth-order valence-corrected chi connectivity index (χ4v) is 2.05. The number of fused-ring (bicyclic) bond motifs is 1. The molecule has 0 saturated heterocycles. The van der Waals surface area contributed by atoms with Crippen LogP contribution in [-0.4, -0.2) is 17.0 Å². The molecule has 0 unspecified atom stereocenters. The van der Waals surface area contributed by atoms with Gasteiger partial charge < -0.3 is 0 Å². The molecule has 1 nitrogen and oxygen atoms in total.